The van der Waals surface area contributed by atoms with Gasteiger partial charge in [-0.2, -0.15) is 0 Å². The fourth-order valence-corrected chi connectivity index (χ4v) is 4.02. The van der Waals surface area contributed by atoms with Crippen LogP contribution in [0, 0.1) is 20.2 Å². The van der Waals surface area contributed by atoms with Crippen LogP contribution in [0.15, 0.2) is 42.5 Å². The Morgan fingerprint density at radius 2 is 1.90 bits per heavy atom. The van der Waals surface area contributed by atoms with Gasteiger partial charge in [-0.3, -0.25) is 35.1 Å². The van der Waals surface area contributed by atoms with Crippen LogP contribution in [0.2, 0.25) is 0 Å². The molecular weight excluding hydrogens is 432 g/mol. The highest BCUT2D eigenvalue weighted by Crippen LogP contribution is 2.35. The number of rotatable bonds is 6. The van der Waals surface area contributed by atoms with Crippen molar-refractivity contribution in [2.75, 3.05) is 5.32 Å². The Balaban J connectivity index is 1.58. The van der Waals surface area contributed by atoms with Crippen molar-refractivity contribution >= 4 is 50.0 Å². The molecule has 4 rings (SSSR count). The molecule has 2 heterocycles. The van der Waals surface area contributed by atoms with Crippen LogP contribution >= 0.6 is 11.3 Å². The first-order chi connectivity index (χ1) is 14.8. The number of nitro benzene ring substituents is 1. The number of cyclic esters (lactones) is 1. The summed E-state index contributed by atoms with van der Waals surface area (Å²) in [5.74, 6) is -3.58. The quantitative estimate of drug-likeness (QED) is 0.260. The van der Waals surface area contributed by atoms with Crippen molar-refractivity contribution in [3.05, 3.63) is 73.8 Å². The molecule has 0 saturated heterocycles. The number of hydrogen-bond acceptors (Lipinski definition) is 10. The first-order valence-electron chi connectivity index (χ1n) is 8.60. The standard InChI is InChI=1S/C18H10N4O8S/c23-14(13(22(28)29)15-9-3-1-2-4-10(9)17(25)30-15)16(24)20-18-19-11-6-5-8(21(26)27)7-12(11)31-18/h1-7,13,15H,(H,19,20,24)/t13-,15+/m1/s1. The van der Waals surface area contributed by atoms with Crippen LogP contribution < -0.4 is 5.32 Å². The van der Waals surface area contributed by atoms with E-state index in [2.05, 4.69) is 10.3 Å². The monoisotopic (exact) mass is 442 g/mol. The second-order valence-electron chi connectivity index (χ2n) is 6.39. The van der Waals surface area contributed by atoms with Crippen molar-refractivity contribution in [1.82, 2.24) is 4.98 Å². The number of amides is 1. The van der Waals surface area contributed by atoms with E-state index >= 15 is 0 Å². The molecule has 1 aliphatic heterocycles. The molecule has 0 bridgehead atoms. The molecule has 1 amide bonds. The van der Waals surface area contributed by atoms with Crippen molar-refractivity contribution in [3.63, 3.8) is 0 Å². The van der Waals surface area contributed by atoms with E-state index in [4.69, 9.17) is 4.74 Å². The minimum Gasteiger partial charge on any atom is -0.446 e. The Morgan fingerprint density at radius 3 is 2.61 bits per heavy atom. The minimum absolute atomic E-state index is 0.0697. The summed E-state index contributed by atoms with van der Waals surface area (Å²) in [6.07, 6.45) is -1.55. The predicted molar refractivity (Wildman–Crippen MR) is 105 cm³/mol. The average molecular weight is 442 g/mol. The Kier molecular flexibility index (Phi) is 4.87. The van der Waals surface area contributed by atoms with Gasteiger partial charge in [0.15, 0.2) is 5.13 Å². The number of nitrogens with zero attached hydrogens (tertiary/aromatic N) is 3. The zero-order valence-corrected chi connectivity index (χ0v) is 16.0. The van der Waals surface area contributed by atoms with Crippen LogP contribution in [0.25, 0.3) is 10.2 Å². The lowest BCUT2D eigenvalue weighted by Gasteiger charge is -2.14. The van der Waals surface area contributed by atoms with E-state index in [1.807, 2.05) is 0 Å². The van der Waals surface area contributed by atoms with Crippen LogP contribution in [0.4, 0.5) is 10.8 Å². The van der Waals surface area contributed by atoms with Gasteiger partial charge < -0.3 is 4.74 Å². The van der Waals surface area contributed by atoms with Gasteiger partial charge in [-0.25, -0.2) is 9.78 Å². The predicted octanol–water partition coefficient (Wildman–Crippen LogP) is 2.27. The van der Waals surface area contributed by atoms with E-state index in [0.717, 1.165) is 11.3 Å². The van der Waals surface area contributed by atoms with Crippen LogP contribution in [0.3, 0.4) is 0 Å². The molecule has 3 aromatic rings. The number of benzene rings is 2. The molecule has 12 nitrogen and oxygen atoms in total. The van der Waals surface area contributed by atoms with Crippen molar-refractivity contribution < 1.29 is 29.0 Å². The first-order valence-corrected chi connectivity index (χ1v) is 9.41. The summed E-state index contributed by atoms with van der Waals surface area (Å²) < 4.78 is 5.38. The minimum atomic E-state index is -2.15. The zero-order valence-electron chi connectivity index (χ0n) is 15.2. The maximum atomic E-state index is 12.6. The number of ether oxygens (including phenoxy) is 1. The second-order valence-corrected chi connectivity index (χ2v) is 7.42. The summed E-state index contributed by atoms with van der Waals surface area (Å²) in [4.78, 5) is 61.9. The number of ketones is 1. The van der Waals surface area contributed by atoms with Crippen molar-refractivity contribution in [1.29, 1.82) is 0 Å². The van der Waals surface area contributed by atoms with Crippen LogP contribution in [0.5, 0.6) is 0 Å². The van der Waals surface area contributed by atoms with Gasteiger partial charge in [-0.1, -0.05) is 29.5 Å². The molecule has 1 N–H and O–H groups in total. The van der Waals surface area contributed by atoms with Gasteiger partial charge in [-0.05, 0) is 12.1 Å². The molecule has 0 unspecified atom stereocenters. The number of hydrogen-bond donors (Lipinski definition) is 1. The van der Waals surface area contributed by atoms with Gasteiger partial charge >= 0.3 is 17.9 Å². The lowest BCUT2D eigenvalue weighted by molar-refractivity contribution is -0.518. The van der Waals surface area contributed by atoms with E-state index in [1.54, 1.807) is 0 Å². The molecule has 13 heteroatoms. The van der Waals surface area contributed by atoms with Crippen LogP contribution in [-0.4, -0.2) is 38.5 Å². The molecular formula is C18H10N4O8S. The molecule has 2 atom stereocenters. The SMILES string of the molecule is O=C(Nc1nc2ccc([N+](=O)[O-])cc2s1)C(=O)[C@H]([C@H]1OC(=O)c2ccccc21)[N+](=O)[O-]. The molecule has 0 radical (unpaired) electrons. The van der Waals surface area contributed by atoms with Crippen LogP contribution in [0.1, 0.15) is 22.0 Å². The summed E-state index contributed by atoms with van der Waals surface area (Å²) in [7, 11) is 0. The Labute approximate surface area is 175 Å². The fourth-order valence-electron chi connectivity index (χ4n) is 3.12. The average Bonchev–Trinajstić information content (AvgIpc) is 3.28. The molecule has 1 aliphatic rings. The largest absolute Gasteiger partial charge is 0.446 e. The Bertz CT molecular complexity index is 1290. The summed E-state index contributed by atoms with van der Waals surface area (Å²) >= 11 is 0.861. The molecule has 1 aromatic heterocycles. The first kappa shape index (κ1) is 20.0. The number of anilines is 1. The molecule has 31 heavy (non-hydrogen) atoms. The lowest BCUT2D eigenvalue weighted by Crippen LogP contribution is -2.42. The van der Waals surface area contributed by atoms with Gasteiger partial charge in [0.2, 0.25) is 6.10 Å². The third-order valence-corrected chi connectivity index (χ3v) is 5.46. The topological polar surface area (TPSA) is 172 Å². The molecule has 156 valence electrons. The molecule has 0 aliphatic carbocycles. The fraction of sp³-hybridized carbons (Fsp3) is 0.111. The Morgan fingerprint density at radius 1 is 1.16 bits per heavy atom. The summed E-state index contributed by atoms with van der Waals surface area (Å²) in [6.45, 7) is 0. The highest BCUT2D eigenvalue weighted by atomic mass is 32.1. The number of aromatic nitrogens is 1. The normalized spacial score (nSPS) is 15.7. The summed E-state index contributed by atoms with van der Waals surface area (Å²) in [5, 5.41) is 24.6. The second kappa shape index (κ2) is 7.53. The maximum Gasteiger partial charge on any atom is 0.339 e. The van der Waals surface area contributed by atoms with Crippen LogP contribution in [-0.2, 0) is 14.3 Å². The van der Waals surface area contributed by atoms with E-state index in [1.165, 1.54) is 42.5 Å². The lowest BCUT2D eigenvalue weighted by atomic mass is 9.97. The van der Waals surface area contributed by atoms with Gasteiger partial charge in [0.1, 0.15) is 0 Å². The maximum absolute atomic E-state index is 12.6. The third kappa shape index (κ3) is 3.57. The van der Waals surface area contributed by atoms with Gasteiger partial charge in [-0.15, -0.1) is 0 Å². The number of carbonyl (C=O) groups excluding carboxylic acids is 3. The number of non-ortho nitro benzene ring substituents is 1. The summed E-state index contributed by atoms with van der Waals surface area (Å²) in [5.41, 5.74) is 0.381. The molecule has 0 spiro atoms. The number of Topliss-reactive ketones (excluding diaryl/α,β-unsaturated/α-hetero) is 1. The van der Waals surface area contributed by atoms with Gasteiger partial charge in [0.25, 0.3) is 11.5 Å². The van der Waals surface area contributed by atoms with E-state index < -0.39 is 39.7 Å². The van der Waals surface area contributed by atoms with Gasteiger partial charge in [0.05, 0.1) is 20.7 Å². The van der Waals surface area contributed by atoms with Crippen molar-refractivity contribution in [2.24, 2.45) is 0 Å². The zero-order chi connectivity index (χ0) is 22.3. The van der Waals surface area contributed by atoms with Crippen molar-refractivity contribution in [2.45, 2.75) is 12.1 Å². The number of carbonyl (C=O) groups is 3. The smallest absolute Gasteiger partial charge is 0.339 e. The van der Waals surface area contributed by atoms with Gasteiger partial charge in [0, 0.05) is 22.6 Å². The number of nitrogens with one attached hydrogen (secondary N) is 1. The summed E-state index contributed by atoms with van der Waals surface area (Å²) in [6, 6.07) is 7.57. The van der Waals surface area contributed by atoms with E-state index in [0.29, 0.717) is 10.2 Å². The highest BCUT2D eigenvalue weighted by Gasteiger charge is 2.49. The molecule has 0 saturated carbocycles. The number of nitro groups is 2. The van der Waals surface area contributed by atoms with E-state index in [9.17, 15) is 34.6 Å². The number of esters is 1. The van der Waals surface area contributed by atoms with E-state index in [-0.39, 0.29) is 21.9 Å². The third-order valence-electron chi connectivity index (χ3n) is 4.53. The Hall–Kier alpha value is -4.26. The number of fused-ring (bicyclic) bond motifs is 2. The number of thiazole rings is 1. The molecule has 2 aromatic carbocycles. The highest BCUT2D eigenvalue weighted by molar-refractivity contribution is 7.22. The van der Waals surface area contributed by atoms with Crippen molar-refractivity contribution in [3.8, 4) is 0 Å². The molecule has 0 fully saturated rings.